The van der Waals surface area contributed by atoms with Crippen LogP contribution in [0.15, 0.2) is 59.6 Å². The van der Waals surface area contributed by atoms with E-state index in [0.29, 0.717) is 22.0 Å². The van der Waals surface area contributed by atoms with Crippen LogP contribution in [0.25, 0.3) is 5.76 Å². The predicted molar refractivity (Wildman–Crippen MR) is 119 cm³/mol. The summed E-state index contributed by atoms with van der Waals surface area (Å²) in [5.41, 5.74) is 1.96. The number of benzene rings is 1. The minimum atomic E-state index is -0.736. The molecule has 2 aromatic heterocycles. The topological polar surface area (TPSA) is 79.7 Å². The van der Waals surface area contributed by atoms with Gasteiger partial charge in [0.15, 0.2) is 0 Å². The first-order valence-corrected chi connectivity index (χ1v) is 10.7. The van der Waals surface area contributed by atoms with Gasteiger partial charge in [-0.3, -0.25) is 14.6 Å². The van der Waals surface area contributed by atoms with Crippen LogP contribution >= 0.6 is 22.9 Å². The van der Waals surface area contributed by atoms with Crippen molar-refractivity contribution in [1.29, 1.82) is 0 Å². The van der Waals surface area contributed by atoms with Crippen molar-refractivity contribution in [2.75, 3.05) is 7.11 Å². The van der Waals surface area contributed by atoms with Gasteiger partial charge in [-0.15, -0.1) is 11.3 Å². The maximum absolute atomic E-state index is 13.1. The van der Waals surface area contributed by atoms with E-state index in [-0.39, 0.29) is 17.9 Å². The van der Waals surface area contributed by atoms with Crippen LogP contribution in [-0.2, 0) is 16.1 Å². The highest BCUT2D eigenvalue weighted by atomic mass is 35.5. The molecule has 1 aliphatic rings. The normalized spacial score (nSPS) is 17.9. The Bertz CT molecular complexity index is 1190. The average Bonchev–Trinajstić information content (AvgIpc) is 3.30. The number of pyridine rings is 1. The molecule has 0 saturated carbocycles. The molecule has 8 heteroatoms. The number of halogens is 1. The maximum Gasteiger partial charge on any atom is 0.296 e. The molecule has 3 aromatic rings. The van der Waals surface area contributed by atoms with Crippen molar-refractivity contribution >= 4 is 40.4 Å². The van der Waals surface area contributed by atoms with E-state index in [0.717, 1.165) is 10.4 Å². The molecule has 1 N–H and O–H groups in total. The Labute approximate surface area is 188 Å². The number of hydrogen-bond acceptors (Lipinski definition) is 6. The molecule has 158 valence electrons. The van der Waals surface area contributed by atoms with Crippen LogP contribution in [0.3, 0.4) is 0 Å². The first-order chi connectivity index (χ1) is 14.9. The molecule has 4 rings (SSSR count). The fraction of sp³-hybridized carbons (Fsp3) is 0.174. The van der Waals surface area contributed by atoms with Gasteiger partial charge in [-0.05, 0) is 54.3 Å². The number of aryl methyl sites for hydroxylation is 1. The van der Waals surface area contributed by atoms with E-state index < -0.39 is 17.7 Å². The van der Waals surface area contributed by atoms with Gasteiger partial charge in [-0.2, -0.15) is 0 Å². The number of ketones is 1. The minimum Gasteiger partial charge on any atom is -0.507 e. The number of amides is 1. The zero-order valence-corrected chi connectivity index (χ0v) is 18.4. The maximum atomic E-state index is 13.1. The first-order valence-electron chi connectivity index (χ1n) is 9.48. The molecule has 1 aliphatic heterocycles. The summed E-state index contributed by atoms with van der Waals surface area (Å²) in [5.74, 6) is -1.32. The Morgan fingerprint density at radius 2 is 2.06 bits per heavy atom. The van der Waals surface area contributed by atoms with Crippen molar-refractivity contribution in [1.82, 2.24) is 9.88 Å². The number of aromatic nitrogens is 1. The summed E-state index contributed by atoms with van der Waals surface area (Å²) in [4.78, 5) is 32.7. The fourth-order valence-electron chi connectivity index (χ4n) is 3.61. The summed E-state index contributed by atoms with van der Waals surface area (Å²) >= 11 is 7.53. The van der Waals surface area contributed by atoms with Crippen molar-refractivity contribution in [3.05, 3.63) is 86.3 Å². The van der Waals surface area contributed by atoms with Crippen molar-refractivity contribution in [2.45, 2.75) is 19.5 Å². The van der Waals surface area contributed by atoms with Gasteiger partial charge in [0.05, 0.1) is 29.9 Å². The van der Waals surface area contributed by atoms with Gasteiger partial charge in [-0.1, -0.05) is 17.7 Å². The molecule has 1 unspecified atom stereocenters. The summed E-state index contributed by atoms with van der Waals surface area (Å²) in [6.45, 7) is 2.06. The number of aliphatic hydroxyl groups is 1. The molecule has 0 radical (unpaired) electrons. The fourth-order valence-corrected chi connectivity index (χ4v) is 4.85. The van der Waals surface area contributed by atoms with Crippen LogP contribution in [-0.4, -0.2) is 33.8 Å². The predicted octanol–water partition coefficient (Wildman–Crippen LogP) is 4.74. The minimum absolute atomic E-state index is 0.0378. The Balaban J connectivity index is 1.87. The van der Waals surface area contributed by atoms with Crippen LogP contribution in [0, 0.1) is 6.92 Å². The highest BCUT2D eigenvalue weighted by Gasteiger charge is 2.47. The summed E-state index contributed by atoms with van der Waals surface area (Å²) < 4.78 is 5.23. The van der Waals surface area contributed by atoms with E-state index in [1.807, 2.05) is 24.4 Å². The number of aliphatic hydroxyl groups excluding tert-OH is 1. The standard InChI is InChI=1S/C23H19ClN2O4S/c1-13-8-10-31-22(13)19-18(20(27)14-6-7-16(24)17(11-14)30-2)21(28)23(29)26(19)12-15-5-3-4-9-25-15/h3-11,19,27H,12H2,1-2H3/b20-18-. The molecular formula is C23H19ClN2O4S. The van der Waals surface area contributed by atoms with Crippen LogP contribution < -0.4 is 4.74 Å². The molecule has 0 aliphatic carbocycles. The number of nitrogens with zero attached hydrogens (tertiary/aromatic N) is 2. The second-order valence-electron chi connectivity index (χ2n) is 7.07. The van der Waals surface area contributed by atoms with Gasteiger partial charge in [0.1, 0.15) is 17.6 Å². The van der Waals surface area contributed by atoms with Gasteiger partial charge in [-0.25, -0.2) is 0 Å². The summed E-state index contributed by atoms with van der Waals surface area (Å²) in [5, 5.41) is 13.4. The lowest BCUT2D eigenvalue weighted by Crippen LogP contribution is -2.29. The van der Waals surface area contributed by atoms with E-state index in [4.69, 9.17) is 16.3 Å². The van der Waals surface area contributed by atoms with Crippen molar-refractivity contribution < 1.29 is 19.4 Å². The van der Waals surface area contributed by atoms with E-state index in [2.05, 4.69) is 4.98 Å². The van der Waals surface area contributed by atoms with Crippen LogP contribution in [0.4, 0.5) is 0 Å². The highest BCUT2D eigenvalue weighted by Crippen LogP contribution is 2.43. The number of ether oxygens (including phenoxy) is 1. The highest BCUT2D eigenvalue weighted by molar-refractivity contribution is 7.10. The van der Waals surface area contributed by atoms with Gasteiger partial charge < -0.3 is 14.7 Å². The van der Waals surface area contributed by atoms with E-state index in [9.17, 15) is 14.7 Å². The molecular weight excluding hydrogens is 436 g/mol. The lowest BCUT2D eigenvalue weighted by molar-refractivity contribution is -0.140. The Morgan fingerprint density at radius 1 is 1.26 bits per heavy atom. The largest absolute Gasteiger partial charge is 0.507 e. The molecule has 1 aromatic carbocycles. The zero-order valence-electron chi connectivity index (χ0n) is 16.8. The lowest BCUT2D eigenvalue weighted by atomic mass is 9.98. The SMILES string of the molecule is COc1cc(/C(O)=C2/C(=O)C(=O)N(Cc3ccccn3)C2c2sccc2C)ccc1Cl. The Hall–Kier alpha value is -3.16. The quantitative estimate of drug-likeness (QED) is 0.342. The Kier molecular flexibility index (Phi) is 5.80. The van der Waals surface area contributed by atoms with Crippen molar-refractivity contribution in [3.8, 4) is 5.75 Å². The molecule has 0 spiro atoms. The third-order valence-corrected chi connectivity index (χ3v) is 6.56. The van der Waals surface area contributed by atoms with Gasteiger partial charge in [0.2, 0.25) is 0 Å². The summed E-state index contributed by atoms with van der Waals surface area (Å²) in [6, 6.07) is 11.3. The molecule has 1 fully saturated rings. The van der Waals surface area contributed by atoms with Crippen LogP contribution in [0.5, 0.6) is 5.75 Å². The number of carbonyl (C=O) groups is 2. The third kappa shape index (κ3) is 3.82. The molecule has 6 nitrogen and oxygen atoms in total. The molecule has 1 atom stereocenters. The molecule has 3 heterocycles. The lowest BCUT2D eigenvalue weighted by Gasteiger charge is -2.24. The number of rotatable bonds is 5. The summed E-state index contributed by atoms with van der Waals surface area (Å²) in [6.07, 6.45) is 1.64. The number of methoxy groups -OCH3 is 1. The molecule has 1 saturated heterocycles. The van der Waals surface area contributed by atoms with E-state index >= 15 is 0 Å². The first kappa shape index (κ1) is 21.1. The van der Waals surface area contributed by atoms with Gasteiger partial charge >= 0.3 is 0 Å². The third-order valence-electron chi connectivity index (χ3n) is 5.17. The summed E-state index contributed by atoms with van der Waals surface area (Å²) in [7, 11) is 1.46. The number of carbonyl (C=O) groups excluding carboxylic acids is 2. The number of Topliss-reactive ketones (excluding diaryl/α,β-unsaturated/α-hetero) is 1. The van der Waals surface area contributed by atoms with Gasteiger partial charge in [0, 0.05) is 16.6 Å². The smallest absolute Gasteiger partial charge is 0.296 e. The molecule has 31 heavy (non-hydrogen) atoms. The number of likely N-dealkylation sites (tertiary alicyclic amines) is 1. The average molecular weight is 455 g/mol. The molecule has 1 amide bonds. The molecule has 0 bridgehead atoms. The second kappa shape index (κ2) is 8.53. The number of thiophene rings is 1. The van der Waals surface area contributed by atoms with Gasteiger partial charge in [0.25, 0.3) is 11.7 Å². The monoisotopic (exact) mass is 454 g/mol. The number of hydrogen-bond donors (Lipinski definition) is 1. The van der Waals surface area contributed by atoms with Crippen molar-refractivity contribution in [2.24, 2.45) is 0 Å². The Morgan fingerprint density at radius 3 is 2.71 bits per heavy atom. The zero-order chi connectivity index (χ0) is 22.1. The van der Waals surface area contributed by atoms with Crippen LogP contribution in [0.2, 0.25) is 5.02 Å². The van der Waals surface area contributed by atoms with Crippen LogP contribution in [0.1, 0.15) is 27.7 Å². The van der Waals surface area contributed by atoms with E-state index in [1.165, 1.54) is 23.3 Å². The second-order valence-corrected chi connectivity index (χ2v) is 8.42. The van der Waals surface area contributed by atoms with Crippen molar-refractivity contribution in [3.63, 3.8) is 0 Å². The van der Waals surface area contributed by atoms with E-state index in [1.54, 1.807) is 36.5 Å².